The summed E-state index contributed by atoms with van der Waals surface area (Å²) in [6.07, 6.45) is 1.87. The smallest absolute Gasteiger partial charge is 0.338 e. The van der Waals surface area contributed by atoms with E-state index in [0.29, 0.717) is 32.2 Å². The van der Waals surface area contributed by atoms with Gasteiger partial charge in [-0.2, -0.15) is 0 Å². The van der Waals surface area contributed by atoms with E-state index in [-0.39, 0.29) is 23.7 Å². The van der Waals surface area contributed by atoms with Gasteiger partial charge in [0, 0.05) is 0 Å². The topological polar surface area (TPSA) is 167 Å². The predicted molar refractivity (Wildman–Crippen MR) is 113 cm³/mol. The molecule has 2 amide bonds. The second kappa shape index (κ2) is 13.4. The summed E-state index contributed by atoms with van der Waals surface area (Å²) in [6, 6.07) is -2.23. The quantitative estimate of drug-likeness (QED) is 0.0789. The molecule has 0 bridgehead atoms. The Kier molecular flexibility index (Phi) is 12.5. The van der Waals surface area contributed by atoms with Crippen molar-refractivity contribution in [1.82, 2.24) is 10.6 Å². The molecule has 0 spiro atoms. The predicted octanol–water partition coefficient (Wildman–Crippen LogP) is -2.03. The normalized spacial score (nSPS) is 14.3. The first-order chi connectivity index (χ1) is 12.9. The Morgan fingerprint density at radius 3 is 1.93 bits per heavy atom. The lowest BCUT2D eigenvalue weighted by Gasteiger charge is -2.24. The van der Waals surface area contributed by atoms with Gasteiger partial charge in [0.15, 0.2) is 0 Å². The standard InChI is InChI=1S/C18H36N6O3S/c1-10(2)8-12(19)15(25)24-14(9-11(3)4)16(26)23-13(17(27)28)6-5-7-22-18(20)21/h10-14H,5-9,19H2,1-4H3,(H,23,26)(H,24,25)(H,27,28)(H4,20,21,22)/p+1/t12-,13-,14-/m0/s1. The zero-order valence-electron chi connectivity index (χ0n) is 17.3. The van der Waals surface area contributed by atoms with Gasteiger partial charge in [-0.25, -0.2) is 0 Å². The molecule has 0 aliphatic rings. The zero-order valence-corrected chi connectivity index (χ0v) is 18.2. The zero-order chi connectivity index (χ0) is 21.9. The molecule has 0 fully saturated rings. The molecule has 0 radical (unpaired) electrons. The first-order valence-electron chi connectivity index (χ1n) is 9.64. The van der Waals surface area contributed by atoms with Gasteiger partial charge in [-0.3, -0.25) is 30.8 Å². The summed E-state index contributed by atoms with van der Waals surface area (Å²) in [4.78, 5) is 39.6. The molecule has 10 heteroatoms. The van der Waals surface area contributed by atoms with Gasteiger partial charge >= 0.3 is 5.96 Å². The van der Waals surface area contributed by atoms with Crippen molar-refractivity contribution in [3.05, 3.63) is 0 Å². The van der Waals surface area contributed by atoms with Gasteiger partial charge in [-0.05, 0) is 37.5 Å². The fraction of sp³-hybridized carbons (Fsp3) is 0.778. The van der Waals surface area contributed by atoms with Crippen molar-refractivity contribution < 1.29 is 19.4 Å². The van der Waals surface area contributed by atoms with Crippen LogP contribution in [0.15, 0.2) is 0 Å². The summed E-state index contributed by atoms with van der Waals surface area (Å²) in [6.45, 7) is 8.30. The number of amides is 2. The molecule has 0 aromatic heterocycles. The lowest BCUT2D eigenvalue weighted by Crippen LogP contribution is -2.78. The highest BCUT2D eigenvalue weighted by molar-refractivity contribution is 7.96. The molecule has 0 aromatic carbocycles. The van der Waals surface area contributed by atoms with Crippen LogP contribution < -0.4 is 32.8 Å². The average molecular weight is 418 g/mol. The first kappa shape index (κ1) is 26.2. The van der Waals surface area contributed by atoms with Crippen LogP contribution in [0.2, 0.25) is 0 Å². The molecule has 162 valence electrons. The fourth-order valence-electron chi connectivity index (χ4n) is 2.67. The number of thiol groups is 1. The number of carbonyl (C=O) groups excluding carboxylic acids is 3. The summed E-state index contributed by atoms with van der Waals surface area (Å²) >= 11 is 3.85. The Bertz CT molecular complexity index is 549. The third-order valence-corrected chi connectivity index (χ3v) is 4.33. The van der Waals surface area contributed by atoms with Gasteiger partial charge in [0.2, 0.25) is 16.9 Å². The maximum Gasteiger partial charge on any atom is 0.338 e. The van der Waals surface area contributed by atoms with Crippen LogP contribution >= 0.6 is 12.6 Å². The van der Waals surface area contributed by atoms with Crippen LogP contribution in [0.1, 0.15) is 53.4 Å². The number of guanidine groups is 1. The van der Waals surface area contributed by atoms with E-state index in [4.69, 9.17) is 17.2 Å². The largest absolute Gasteiger partial charge is 0.344 e. The molecule has 0 aliphatic heterocycles. The molecule has 9 N–H and O–H groups in total. The highest BCUT2D eigenvalue weighted by Crippen LogP contribution is 2.09. The molecule has 0 heterocycles. The highest BCUT2D eigenvalue weighted by atomic mass is 32.1. The lowest BCUT2D eigenvalue weighted by atomic mass is 10.00. The molecule has 0 saturated carbocycles. The SMILES string of the molecule is CC(C)C[C@H](NC(=O)[C@@H](N)CC(C)C)C(=O)N[C@@H](CCC[NH+]=C(N)N)C(=O)S. The number of nitrogens with one attached hydrogen (secondary N) is 3. The van der Waals surface area contributed by atoms with Gasteiger partial charge < -0.3 is 16.4 Å². The van der Waals surface area contributed by atoms with Crippen molar-refractivity contribution in [1.29, 1.82) is 0 Å². The van der Waals surface area contributed by atoms with Crippen molar-refractivity contribution in [3.8, 4) is 0 Å². The molecule has 3 atom stereocenters. The van der Waals surface area contributed by atoms with E-state index in [0.717, 1.165) is 0 Å². The minimum atomic E-state index is -0.771. The second-order valence-corrected chi connectivity index (χ2v) is 8.29. The molecule has 28 heavy (non-hydrogen) atoms. The van der Waals surface area contributed by atoms with Crippen molar-refractivity contribution >= 4 is 35.5 Å². The van der Waals surface area contributed by atoms with E-state index >= 15 is 0 Å². The Morgan fingerprint density at radius 1 is 0.929 bits per heavy atom. The maximum absolute atomic E-state index is 12.7. The summed E-state index contributed by atoms with van der Waals surface area (Å²) in [5.41, 5.74) is 16.5. The van der Waals surface area contributed by atoms with Crippen molar-refractivity contribution in [3.63, 3.8) is 0 Å². The number of carbonyl (C=O) groups is 3. The Balaban J connectivity index is 4.97. The maximum atomic E-state index is 12.7. The third kappa shape index (κ3) is 11.8. The van der Waals surface area contributed by atoms with Crippen LogP contribution in [0.4, 0.5) is 0 Å². The minimum absolute atomic E-state index is 0.0928. The monoisotopic (exact) mass is 417 g/mol. The van der Waals surface area contributed by atoms with Crippen molar-refractivity contribution in [2.24, 2.45) is 29.0 Å². The van der Waals surface area contributed by atoms with Crippen molar-refractivity contribution in [2.75, 3.05) is 6.54 Å². The van der Waals surface area contributed by atoms with Gasteiger partial charge in [0.25, 0.3) is 0 Å². The van der Waals surface area contributed by atoms with Crippen LogP contribution in [0.5, 0.6) is 0 Å². The van der Waals surface area contributed by atoms with Crippen LogP contribution in [-0.4, -0.2) is 47.6 Å². The first-order valence-corrected chi connectivity index (χ1v) is 10.1. The van der Waals surface area contributed by atoms with E-state index in [1.54, 1.807) is 0 Å². The van der Waals surface area contributed by atoms with Crippen LogP contribution in [0, 0.1) is 11.8 Å². The van der Waals surface area contributed by atoms with Crippen molar-refractivity contribution in [2.45, 2.75) is 71.5 Å². The van der Waals surface area contributed by atoms with Gasteiger partial charge in [-0.15, -0.1) is 12.6 Å². The summed E-state index contributed by atoms with van der Waals surface area (Å²) in [7, 11) is 0. The molecule has 0 saturated heterocycles. The number of nitrogens with two attached hydrogens (primary N) is 3. The van der Waals surface area contributed by atoms with E-state index in [1.165, 1.54) is 0 Å². The molecular weight excluding hydrogens is 380 g/mol. The Morgan fingerprint density at radius 2 is 1.46 bits per heavy atom. The van der Waals surface area contributed by atoms with Gasteiger partial charge in [0.05, 0.1) is 18.6 Å². The molecular formula is C18H37N6O3S+. The summed E-state index contributed by atoms with van der Waals surface area (Å²) < 4.78 is 0. The highest BCUT2D eigenvalue weighted by Gasteiger charge is 2.27. The molecule has 0 unspecified atom stereocenters. The Labute approximate surface area is 173 Å². The summed E-state index contributed by atoms with van der Waals surface area (Å²) in [5.74, 6) is -0.284. The van der Waals surface area contributed by atoms with E-state index < -0.39 is 29.1 Å². The second-order valence-electron chi connectivity index (χ2n) is 7.85. The van der Waals surface area contributed by atoms with Crippen LogP contribution in [0.3, 0.4) is 0 Å². The van der Waals surface area contributed by atoms with Crippen LogP contribution in [-0.2, 0) is 14.4 Å². The van der Waals surface area contributed by atoms with Gasteiger partial charge in [-0.1, -0.05) is 27.7 Å². The van der Waals surface area contributed by atoms with E-state index in [2.05, 4.69) is 28.3 Å². The fourth-order valence-corrected chi connectivity index (χ4v) is 2.86. The third-order valence-electron chi connectivity index (χ3n) is 4.02. The lowest BCUT2D eigenvalue weighted by molar-refractivity contribution is -0.459. The number of rotatable bonds is 13. The summed E-state index contributed by atoms with van der Waals surface area (Å²) in [5, 5.41) is 4.94. The van der Waals surface area contributed by atoms with E-state index in [9.17, 15) is 14.4 Å². The van der Waals surface area contributed by atoms with E-state index in [1.807, 2.05) is 27.7 Å². The molecule has 0 rings (SSSR count). The molecule has 9 nitrogen and oxygen atoms in total. The molecule has 0 aliphatic carbocycles. The average Bonchev–Trinajstić information content (AvgIpc) is 2.55. The van der Waals surface area contributed by atoms with Crippen LogP contribution in [0.25, 0.3) is 0 Å². The number of hydrogen-bond acceptors (Lipinski definition) is 4. The van der Waals surface area contributed by atoms with Gasteiger partial charge in [0.1, 0.15) is 6.04 Å². The minimum Gasteiger partial charge on any atom is -0.344 e. The Hall–Kier alpha value is -1.81. The molecule has 0 aromatic rings. The number of hydrogen-bond donors (Lipinski definition) is 7.